The summed E-state index contributed by atoms with van der Waals surface area (Å²) in [6.07, 6.45) is 4.99. The average Bonchev–Trinajstić information content (AvgIpc) is 3.26. The Balaban J connectivity index is 1.36. The fourth-order valence-electron chi connectivity index (χ4n) is 2.98. The number of anilines is 2. The van der Waals surface area contributed by atoms with E-state index >= 15 is 0 Å². The zero-order valence-electron chi connectivity index (χ0n) is 14.8. The molecule has 0 radical (unpaired) electrons. The van der Waals surface area contributed by atoms with Gasteiger partial charge in [0.1, 0.15) is 17.3 Å². The highest BCUT2D eigenvalue weighted by atomic mass is 16.3. The zero-order chi connectivity index (χ0) is 18.5. The molecule has 1 saturated heterocycles. The first kappa shape index (κ1) is 17.0. The number of carbonyl (C=O) groups excluding carboxylic acids is 1. The molecule has 0 bridgehead atoms. The lowest BCUT2D eigenvalue weighted by atomic mass is 10.2. The van der Waals surface area contributed by atoms with Gasteiger partial charge in [0.05, 0.1) is 12.8 Å². The lowest BCUT2D eigenvalue weighted by Crippen LogP contribution is -2.49. The van der Waals surface area contributed by atoms with Crippen LogP contribution in [0.15, 0.2) is 59.5 Å². The van der Waals surface area contributed by atoms with Gasteiger partial charge in [-0.25, -0.2) is 15.0 Å². The van der Waals surface area contributed by atoms with Crippen molar-refractivity contribution in [3.8, 4) is 0 Å². The molecule has 8 heteroatoms. The summed E-state index contributed by atoms with van der Waals surface area (Å²) in [5, 5.41) is 3.07. The minimum Gasteiger partial charge on any atom is -0.467 e. The molecule has 1 aliphatic heterocycles. The predicted molar refractivity (Wildman–Crippen MR) is 100 cm³/mol. The van der Waals surface area contributed by atoms with Crippen molar-refractivity contribution >= 4 is 17.7 Å². The third kappa shape index (κ3) is 4.05. The third-order valence-corrected chi connectivity index (χ3v) is 4.42. The third-order valence-electron chi connectivity index (χ3n) is 4.42. The Labute approximate surface area is 156 Å². The number of nitrogens with zero attached hydrogens (tertiary/aromatic N) is 5. The van der Waals surface area contributed by atoms with Crippen molar-refractivity contribution in [2.45, 2.75) is 6.54 Å². The molecule has 1 aliphatic rings. The summed E-state index contributed by atoms with van der Waals surface area (Å²) >= 11 is 0. The van der Waals surface area contributed by atoms with Crippen LogP contribution in [0.5, 0.6) is 0 Å². The molecule has 3 aromatic rings. The highest BCUT2D eigenvalue weighted by Crippen LogP contribution is 2.14. The number of nitrogens with one attached hydrogen (secondary N) is 1. The molecule has 138 valence electrons. The maximum Gasteiger partial charge on any atom is 0.272 e. The number of piperazine rings is 1. The summed E-state index contributed by atoms with van der Waals surface area (Å²) in [6.45, 7) is 3.23. The Bertz CT molecular complexity index is 876. The Morgan fingerprint density at radius 2 is 1.93 bits per heavy atom. The Morgan fingerprint density at radius 3 is 2.67 bits per heavy atom. The molecule has 1 N–H and O–H groups in total. The second-order valence-electron chi connectivity index (χ2n) is 6.17. The Morgan fingerprint density at radius 1 is 1.04 bits per heavy atom. The number of hydrogen-bond acceptors (Lipinski definition) is 7. The second-order valence-corrected chi connectivity index (χ2v) is 6.17. The standard InChI is InChI=1S/C19H20N6O2/c26-18(25-11-9-24(10-12-25)17-5-1-2-7-20-17)16-6-8-21-19(23-16)22-14-15-4-3-13-27-15/h1-8,13H,9-12,14H2,(H,21,22,23). The van der Waals surface area contributed by atoms with Gasteiger partial charge in [0, 0.05) is 38.6 Å². The van der Waals surface area contributed by atoms with Crippen LogP contribution in [-0.2, 0) is 6.54 Å². The number of pyridine rings is 1. The summed E-state index contributed by atoms with van der Waals surface area (Å²) in [6, 6.07) is 11.2. The van der Waals surface area contributed by atoms with Crippen LogP contribution < -0.4 is 10.2 Å². The molecule has 0 unspecified atom stereocenters. The van der Waals surface area contributed by atoms with Gasteiger partial charge in [0.15, 0.2) is 0 Å². The summed E-state index contributed by atoms with van der Waals surface area (Å²) in [7, 11) is 0. The molecule has 0 aromatic carbocycles. The molecular formula is C19H20N6O2. The van der Waals surface area contributed by atoms with Gasteiger partial charge in [-0.1, -0.05) is 6.07 Å². The zero-order valence-corrected chi connectivity index (χ0v) is 14.8. The van der Waals surface area contributed by atoms with E-state index in [9.17, 15) is 4.79 Å². The average molecular weight is 364 g/mol. The fraction of sp³-hybridized carbons (Fsp3) is 0.263. The van der Waals surface area contributed by atoms with E-state index in [2.05, 4.69) is 25.2 Å². The van der Waals surface area contributed by atoms with Crippen LogP contribution in [0.2, 0.25) is 0 Å². The maximum absolute atomic E-state index is 12.8. The molecule has 8 nitrogen and oxygen atoms in total. The minimum absolute atomic E-state index is 0.0841. The Hall–Kier alpha value is -3.42. The largest absolute Gasteiger partial charge is 0.467 e. The molecule has 4 heterocycles. The van der Waals surface area contributed by atoms with Gasteiger partial charge < -0.3 is 19.5 Å². The van der Waals surface area contributed by atoms with Gasteiger partial charge >= 0.3 is 0 Å². The smallest absolute Gasteiger partial charge is 0.272 e. The number of amides is 1. The Kier molecular flexibility index (Phi) is 4.95. The quantitative estimate of drug-likeness (QED) is 0.741. The van der Waals surface area contributed by atoms with Crippen LogP contribution in [-0.4, -0.2) is 51.9 Å². The van der Waals surface area contributed by atoms with E-state index in [0.717, 1.165) is 24.7 Å². The van der Waals surface area contributed by atoms with Crippen LogP contribution in [0.1, 0.15) is 16.2 Å². The highest BCUT2D eigenvalue weighted by molar-refractivity contribution is 5.92. The van der Waals surface area contributed by atoms with Crippen molar-refractivity contribution in [3.63, 3.8) is 0 Å². The van der Waals surface area contributed by atoms with E-state index in [1.165, 1.54) is 0 Å². The van der Waals surface area contributed by atoms with Gasteiger partial charge in [0.2, 0.25) is 5.95 Å². The topological polar surface area (TPSA) is 87.4 Å². The van der Waals surface area contributed by atoms with Crippen LogP contribution >= 0.6 is 0 Å². The molecule has 0 aliphatic carbocycles. The summed E-state index contributed by atoms with van der Waals surface area (Å²) in [5.41, 5.74) is 0.387. The highest BCUT2D eigenvalue weighted by Gasteiger charge is 2.23. The number of hydrogen-bond donors (Lipinski definition) is 1. The van der Waals surface area contributed by atoms with Crippen molar-refractivity contribution in [2.75, 3.05) is 36.4 Å². The lowest BCUT2D eigenvalue weighted by molar-refractivity contribution is 0.0740. The van der Waals surface area contributed by atoms with Crippen molar-refractivity contribution in [2.24, 2.45) is 0 Å². The van der Waals surface area contributed by atoms with Gasteiger partial charge in [-0.2, -0.15) is 0 Å². The molecule has 0 atom stereocenters. The van der Waals surface area contributed by atoms with Gasteiger partial charge in [-0.3, -0.25) is 4.79 Å². The fourth-order valence-corrected chi connectivity index (χ4v) is 2.98. The first-order chi connectivity index (χ1) is 13.3. The molecule has 0 saturated carbocycles. The van der Waals surface area contributed by atoms with Crippen molar-refractivity contribution in [3.05, 3.63) is 66.5 Å². The summed E-state index contributed by atoms with van der Waals surface area (Å²) < 4.78 is 5.27. The van der Waals surface area contributed by atoms with Gasteiger partial charge in [-0.15, -0.1) is 0 Å². The maximum atomic E-state index is 12.8. The predicted octanol–water partition coefficient (Wildman–Crippen LogP) is 2.04. The van der Waals surface area contributed by atoms with Crippen LogP contribution in [0.25, 0.3) is 0 Å². The van der Waals surface area contributed by atoms with E-state index < -0.39 is 0 Å². The van der Waals surface area contributed by atoms with E-state index in [-0.39, 0.29) is 5.91 Å². The first-order valence-electron chi connectivity index (χ1n) is 8.84. The molecular weight excluding hydrogens is 344 g/mol. The SMILES string of the molecule is O=C(c1ccnc(NCc2ccco2)n1)N1CCN(c2ccccn2)CC1. The number of carbonyl (C=O) groups is 1. The summed E-state index contributed by atoms with van der Waals surface area (Å²) in [4.78, 5) is 29.7. The molecule has 3 aromatic heterocycles. The van der Waals surface area contributed by atoms with E-state index in [1.807, 2.05) is 35.2 Å². The molecule has 4 rings (SSSR count). The first-order valence-corrected chi connectivity index (χ1v) is 8.84. The van der Waals surface area contributed by atoms with E-state index in [1.54, 1.807) is 24.7 Å². The van der Waals surface area contributed by atoms with Crippen molar-refractivity contribution in [1.82, 2.24) is 19.9 Å². The van der Waals surface area contributed by atoms with Gasteiger partial charge in [0.25, 0.3) is 5.91 Å². The molecule has 0 spiro atoms. The normalized spacial score (nSPS) is 14.2. The van der Waals surface area contributed by atoms with Crippen LogP contribution in [0, 0.1) is 0 Å². The monoisotopic (exact) mass is 364 g/mol. The number of aromatic nitrogens is 3. The van der Waals surface area contributed by atoms with E-state index in [0.29, 0.717) is 31.3 Å². The van der Waals surface area contributed by atoms with Crippen molar-refractivity contribution in [1.29, 1.82) is 0 Å². The van der Waals surface area contributed by atoms with Crippen LogP contribution in [0.4, 0.5) is 11.8 Å². The summed E-state index contributed by atoms with van der Waals surface area (Å²) in [5.74, 6) is 2.04. The van der Waals surface area contributed by atoms with Crippen molar-refractivity contribution < 1.29 is 9.21 Å². The van der Waals surface area contributed by atoms with E-state index in [4.69, 9.17) is 4.42 Å². The number of rotatable bonds is 5. The van der Waals surface area contributed by atoms with Gasteiger partial charge in [-0.05, 0) is 30.3 Å². The number of furan rings is 1. The minimum atomic E-state index is -0.0841. The molecule has 1 amide bonds. The molecule has 1 fully saturated rings. The van der Waals surface area contributed by atoms with Crippen LogP contribution in [0.3, 0.4) is 0 Å². The second kappa shape index (κ2) is 7.86. The molecule has 27 heavy (non-hydrogen) atoms. The lowest BCUT2D eigenvalue weighted by Gasteiger charge is -2.35.